The Bertz CT molecular complexity index is 312. The Morgan fingerprint density at radius 2 is 2.06 bits per heavy atom. The Labute approximate surface area is 103 Å². The molecular weight excluding hydrogens is 216 g/mol. The van der Waals surface area contributed by atoms with Crippen LogP contribution >= 0.6 is 11.3 Å². The number of aryl methyl sites for hydroxylation is 1. The summed E-state index contributed by atoms with van der Waals surface area (Å²) < 4.78 is 0. The van der Waals surface area contributed by atoms with E-state index in [2.05, 4.69) is 38.1 Å². The highest BCUT2D eigenvalue weighted by molar-refractivity contribution is 7.09. The average Bonchev–Trinajstić information content (AvgIpc) is 2.63. The van der Waals surface area contributed by atoms with Gasteiger partial charge < -0.3 is 5.73 Å². The summed E-state index contributed by atoms with van der Waals surface area (Å²) in [6.07, 6.45) is 4.39. The van der Waals surface area contributed by atoms with Crippen molar-refractivity contribution in [1.29, 1.82) is 0 Å². The van der Waals surface area contributed by atoms with Gasteiger partial charge in [0.25, 0.3) is 0 Å². The molecule has 0 radical (unpaired) electrons. The molecule has 1 aromatic rings. The third-order valence-corrected chi connectivity index (χ3v) is 3.62. The van der Waals surface area contributed by atoms with Crippen LogP contribution in [-0.4, -0.2) is 11.0 Å². The number of hydrogen-bond acceptors (Lipinski definition) is 3. The first-order valence-electron chi connectivity index (χ1n) is 6.14. The van der Waals surface area contributed by atoms with Crippen molar-refractivity contribution in [2.75, 3.05) is 0 Å². The molecule has 0 bridgehead atoms. The lowest BCUT2D eigenvalue weighted by Crippen LogP contribution is -2.20. The topological polar surface area (TPSA) is 38.9 Å². The molecule has 0 aliphatic heterocycles. The monoisotopic (exact) mass is 240 g/mol. The van der Waals surface area contributed by atoms with E-state index in [-0.39, 0.29) is 5.41 Å². The lowest BCUT2D eigenvalue weighted by Gasteiger charge is -2.14. The van der Waals surface area contributed by atoms with E-state index >= 15 is 0 Å². The van der Waals surface area contributed by atoms with E-state index in [0.29, 0.717) is 6.04 Å². The van der Waals surface area contributed by atoms with E-state index in [1.54, 1.807) is 11.3 Å². The molecule has 0 saturated carbocycles. The lowest BCUT2D eigenvalue weighted by molar-refractivity contribution is 0.552. The maximum absolute atomic E-state index is 6.00. The maximum atomic E-state index is 6.00. The summed E-state index contributed by atoms with van der Waals surface area (Å²) in [5.41, 5.74) is 7.37. The van der Waals surface area contributed by atoms with Gasteiger partial charge in [0, 0.05) is 23.3 Å². The van der Waals surface area contributed by atoms with Gasteiger partial charge in [0.1, 0.15) is 0 Å². The molecular formula is C13H24N2S. The molecule has 1 atom stereocenters. The zero-order chi connectivity index (χ0) is 12.2. The number of nitrogens with zero attached hydrogens (tertiary/aromatic N) is 1. The molecule has 0 aromatic carbocycles. The third kappa shape index (κ3) is 4.22. The standard InChI is InChI=1S/C13H24N2S/c1-5-6-10(14)7-8-12-15-11(9-16-12)13(2,3)4/h9-10H,5-8,14H2,1-4H3. The molecule has 1 aromatic heterocycles. The van der Waals surface area contributed by atoms with Gasteiger partial charge in [0.2, 0.25) is 0 Å². The molecule has 0 amide bonds. The van der Waals surface area contributed by atoms with Crippen LogP contribution in [0.1, 0.15) is 57.7 Å². The summed E-state index contributed by atoms with van der Waals surface area (Å²) >= 11 is 1.77. The third-order valence-electron chi connectivity index (χ3n) is 2.71. The van der Waals surface area contributed by atoms with Gasteiger partial charge in [-0.15, -0.1) is 11.3 Å². The highest BCUT2D eigenvalue weighted by Crippen LogP contribution is 2.24. The van der Waals surface area contributed by atoms with Gasteiger partial charge in [0.15, 0.2) is 0 Å². The van der Waals surface area contributed by atoms with Crippen LogP contribution in [0.15, 0.2) is 5.38 Å². The van der Waals surface area contributed by atoms with Crippen molar-refractivity contribution >= 4 is 11.3 Å². The van der Waals surface area contributed by atoms with Crippen LogP contribution in [0.2, 0.25) is 0 Å². The second kappa shape index (κ2) is 5.78. The Morgan fingerprint density at radius 3 is 2.56 bits per heavy atom. The fourth-order valence-corrected chi connectivity index (χ4v) is 2.63. The minimum absolute atomic E-state index is 0.167. The molecule has 0 fully saturated rings. The largest absolute Gasteiger partial charge is 0.328 e. The van der Waals surface area contributed by atoms with E-state index in [1.807, 2.05) is 0 Å². The number of aromatic nitrogens is 1. The quantitative estimate of drug-likeness (QED) is 0.855. The molecule has 0 spiro atoms. The molecule has 2 N–H and O–H groups in total. The number of rotatable bonds is 5. The van der Waals surface area contributed by atoms with E-state index in [9.17, 15) is 0 Å². The van der Waals surface area contributed by atoms with Gasteiger partial charge in [-0.05, 0) is 12.8 Å². The molecule has 1 rings (SSSR count). The van der Waals surface area contributed by atoms with Crippen molar-refractivity contribution < 1.29 is 0 Å². The van der Waals surface area contributed by atoms with Crippen LogP contribution in [-0.2, 0) is 11.8 Å². The fourth-order valence-electron chi connectivity index (χ4n) is 1.59. The van der Waals surface area contributed by atoms with Crippen LogP contribution < -0.4 is 5.73 Å². The first-order valence-corrected chi connectivity index (χ1v) is 7.02. The van der Waals surface area contributed by atoms with Gasteiger partial charge in [0.05, 0.1) is 10.7 Å². The molecule has 0 aliphatic rings. The Balaban J connectivity index is 2.47. The molecule has 16 heavy (non-hydrogen) atoms. The summed E-state index contributed by atoms with van der Waals surface area (Å²) in [7, 11) is 0. The van der Waals surface area contributed by atoms with Gasteiger partial charge in [-0.2, -0.15) is 0 Å². The van der Waals surface area contributed by atoms with Crippen molar-refractivity contribution in [1.82, 2.24) is 4.98 Å². The minimum atomic E-state index is 0.167. The van der Waals surface area contributed by atoms with E-state index in [1.165, 1.54) is 17.1 Å². The summed E-state index contributed by atoms with van der Waals surface area (Å²) in [5, 5.41) is 3.41. The van der Waals surface area contributed by atoms with Gasteiger partial charge in [-0.1, -0.05) is 34.1 Å². The first kappa shape index (κ1) is 13.7. The van der Waals surface area contributed by atoms with Gasteiger partial charge in [-0.25, -0.2) is 4.98 Å². The molecule has 3 heteroatoms. The number of hydrogen-bond donors (Lipinski definition) is 1. The molecule has 92 valence electrons. The van der Waals surface area contributed by atoms with Crippen LogP contribution in [0.3, 0.4) is 0 Å². The lowest BCUT2D eigenvalue weighted by atomic mass is 9.93. The van der Waals surface area contributed by atoms with E-state index in [0.717, 1.165) is 19.3 Å². The normalized spacial score (nSPS) is 14.1. The summed E-state index contributed by atoms with van der Waals surface area (Å²) in [5.74, 6) is 0. The summed E-state index contributed by atoms with van der Waals surface area (Å²) in [4.78, 5) is 4.68. The second-order valence-electron chi connectivity index (χ2n) is 5.46. The fraction of sp³-hybridized carbons (Fsp3) is 0.769. The summed E-state index contributed by atoms with van der Waals surface area (Å²) in [6, 6.07) is 0.340. The zero-order valence-corrected chi connectivity index (χ0v) is 11.7. The van der Waals surface area contributed by atoms with Crippen LogP contribution in [0.5, 0.6) is 0 Å². The second-order valence-corrected chi connectivity index (χ2v) is 6.41. The van der Waals surface area contributed by atoms with Crippen molar-refractivity contribution in [3.05, 3.63) is 16.1 Å². The average molecular weight is 240 g/mol. The first-order chi connectivity index (χ1) is 7.43. The number of nitrogens with two attached hydrogens (primary N) is 1. The molecule has 1 heterocycles. The van der Waals surface area contributed by atoms with Crippen molar-refractivity contribution in [3.8, 4) is 0 Å². The predicted octanol–water partition coefficient (Wildman–Crippen LogP) is 3.50. The van der Waals surface area contributed by atoms with E-state index in [4.69, 9.17) is 5.73 Å². The highest BCUT2D eigenvalue weighted by atomic mass is 32.1. The molecule has 0 aliphatic carbocycles. The Morgan fingerprint density at radius 1 is 1.38 bits per heavy atom. The number of thiazole rings is 1. The SMILES string of the molecule is CCCC(N)CCc1nc(C(C)(C)C)cs1. The smallest absolute Gasteiger partial charge is 0.0929 e. The van der Waals surface area contributed by atoms with Gasteiger partial charge in [-0.3, -0.25) is 0 Å². The van der Waals surface area contributed by atoms with E-state index < -0.39 is 0 Å². The Hall–Kier alpha value is -0.410. The maximum Gasteiger partial charge on any atom is 0.0929 e. The predicted molar refractivity (Wildman–Crippen MR) is 72.0 cm³/mol. The minimum Gasteiger partial charge on any atom is -0.328 e. The summed E-state index contributed by atoms with van der Waals surface area (Å²) in [6.45, 7) is 8.79. The van der Waals surface area contributed by atoms with Crippen molar-refractivity contribution in [2.45, 2.75) is 64.8 Å². The van der Waals surface area contributed by atoms with Gasteiger partial charge >= 0.3 is 0 Å². The van der Waals surface area contributed by atoms with Crippen molar-refractivity contribution in [3.63, 3.8) is 0 Å². The molecule has 1 unspecified atom stereocenters. The van der Waals surface area contributed by atoms with Crippen LogP contribution in [0.4, 0.5) is 0 Å². The molecule has 2 nitrogen and oxygen atoms in total. The Kier molecular flexibility index (Phi) is 4.93. The van der Waals surface area contributed by atoms with Crippen LogP contribution in [0, 0.1) is 0 Å². The van der Waals surface area contributed by atoms with Crippen molar-refractivity contribution in [2.24, 2.45) is 5.73 Å². The zero-order valence-electron chi connectivity index (χ0n) is 10.9. The molecule has 0 saturated heterocycles. The highest BCUT2D eigenvalue weighted by Gasteiger charge is 2.17. The van der Waals surface area contributed by atoms with Crippen LogP contribution in [0.25, 0.3) is 0 Å².